The molecule has 5 nitrogen and oxygen atoms in total. The Morgan fingerprint density at radius 2 is 2.35 bits per heavy atom. The highest BCUT2D eigenvalue weighted by Crippen LogP contribution is 2.12. The van der Waals surface area contributed by atoms with Gasteiger partial charge in [0.1, 0.15) is 5.75 Å². The zero-order valence-electron chi connectivity index (χ0n) is 11.5. The van der Waals surface area contributed by atoms with E-state index < -0.39 is 0 Å². The number of aryl methyl sites for hydroxylation is 1. The summed E-state index contributed by atoms with van der Waals surface area (Å²) in [5, 5.41) is 6.85. The van der Waals surface area contributed by atoms with Crippen LogP contribution in [0.15, 0.2) is 42.7 Å². The van der Waals surface area contributed by atoms with Crippen molar-refractivity contribution in [2.24, 2.45) is 7.05 Å². The number of aromatic nitrogens is 2. The van der Waals surface area contributed by atoms with Gasteiger partial charge in [0.25, 0.3) is 0 Å². The SMILES string of the molecule is COc1cccc(CNC(=O)/C=C/c2cnn(C)c2)c1. The van der Waals surface area contributed by atoms with Crippen molar-refractivity contribution < 1.29 is 9.53 Å². The lowest BCUT2D eigenvalue weighted by Crippen LogP contribution is -2.20. The zero-order valence-corrected chi connectivity index (χ0v) is 11.5. The number of hydrogen-bond acceptors (Lipinski definition) is 3. The van der Waals surface area contributed by atoms with E-state index in [2.05, 4.69) is 10.4 Å². The summed E-state index contributed by atoms with van der Waals surface area (Å²) in [5.41, 5.74) is 1.89. The molecule has 2 aromatic rings. The normalized spacial score (nSPS) is 10.7. The van der Waals surface area contributed by atoms with E-state index in [1.54, 1.807) is 24.1 Å². The predicted octanol–water partition coefficient (Wildman–Crippen LogP) is 1.76. The van der Waals surface area contributed by atoms with Crippen LogP contribution in [-0.2, 0) is 18.4 Å². The van der Waals surface area contributed by atoms with Gasteiger partial charge < -0.3 is 10.1 Å². The van der Waals surface area contributed by atoms with E-state index in [0.717, 1.165) is 16.9 Å². The summed E-state index contributed by atoms with van der Waals surface area (Å²) in [7, 11) is 3.45. The predicted molar refractivity (Wildman–Crippen MR) is 77.1 cm³/mol. The Morgan fingerprint density at radius 3 is 3.05 bits per heavy atom. The fourth-order valence-corrected chi connectivity index (χ4v) is 1.73. The molecule has 0 saturated carbocycles. The number of carbonyl (C=O) groups excluding carboxylic acids is 1. The Bertz CT molecular complexity index is 617. The fourth-order valence-electron chi connectivity index (χ4n) is 1.73. The minimum Gasteiger partial charge on any atom is -0.497 e. The molecule has 1 heterocycles. The molecule has 0 radical (unpaired) electrons. The Hall–Kier alpha value is -2.56. The molecule has 0 bridgehead atoms. The van der Waals surface area contributed by atoms with E-state index in [4.69, 9.17) is 4.74 Å². The van der Waals surface area contributed by atoms with Crippen molar-refractivity contribution in [1.29, 1.82) is 0 Å². The summed E-state index contributed by atoms with van der Waals surface area (Å²) in [6.45, 7) is 0.466. The fraction of sp³-hybridized carbons (Fsp3) is 0.200. The lowest BCUT2D eigenvalue weighted by atomic mass is 10.2. The van der Waals surface area contributed by atoms with Crippen LogP contribution < -0.4 is 10.1 Å². The van der Waals surface area contributed by atoms with Gasteiger partial charge in [-0.15, -0.1) is 0 Å². The molecule has 20 heavy (non-hydrogen) atoms. The van der Waals surface area contributed by atoms with Crippen molar-refractivity contribution in [1.82, 2.24) is 15.1 Å². The van der Waals surface area contributed by atoms with E-state index >= 15 is 0 Å². The number of amides is 1. The number of ether oxygens (including phenoxy) is 1. The minimum atomic E-state index is -0.142. The average Bonchev–Trinajstić information content (AvgIpc) is 2.89. The largest absolute Gasteiger partial charge is 0.497 e. The van der Waals surface area contributed by atoms with Crippen LogP contribution in [-0.4, -0.2) is 22.8 Å². The second kappa shape index (κ2) is 6.56. The van der Waals surface area contributed by atoms with Gasteiger partial charge in [0, 0.05) is 31.4 Å². The van der Waals surface area contributed by atoms with Crippen LogP contribution in [0.25, 0.3) is 6.08 Å². The van der Waals surface area contributed by atoms with E-state index in [1.807, 2.05) is 37.5 Å². The van der Waals surface area contributed by atoms with Gasteiger partial charge in [-0.2, -0.15) is 5.10 Å². The van der Waals surface area contributed by atoms with Crippen LogP contribution in [0.2, 0.25) is 0 Å². The molecular weight excluding hydrogens is 254 g/mol. The third kappa shape index (κ3) is 3.98. The monoisotopic (exact) mass is 271 g/mol. The third-order valence-corrected chi connectivity index (χ3v) is 2.75. The van der Waals surface area contributed by atoms with Crippen LogP contribution in [0.4, 0.5) is 0 Å². The maximum absolute atomic E-state index is 11.7. The van der Waals surface area contributed by atoms with Gasteiger partial charge in [0.15, 0.2) is 0 Å². The van der Waals surface area contributed by atoms with Gasteiger partial charge in [-0.3, -0.25) is 9.48 Å². The van der Waals surface area contributed by atoms with Crippen molar-refractivity contribution in [2.45, 2.75) is 6.54 Å². The van der Waals surface area contributed by atoms with Crippen LogP contribution in [0, 0.1) is 0 Å². The number of rotatable bonds is 5. The van der Waals surface area contributed by atoms with Crippen LogP contribution in [0.3, 0.4) is 0 Å². The Labute approximate surface area is 117 Å². The molecule has 0 atom stereocenters. The van der Waals surface area contributed by atoms with E-state index in [-0.39, 0.29) is 5.91 Å². The molecule has 0 spiro atoms. The van der Waals surface area contributed by atoms with Crippen LogP contribution in [0.5, 0.6) is 5.75 Å². The topological polar surface area (TPSA) is 56.1 Å². The average molecular weight is 271 g/mol. The first-order valence-electron chi connectivity index (χ1n) is 6.25. The van der Waals surface area contributed by atoms with Crippen molar-refractivity contribution >= 4 is 12.0 Å². The molecule has 0 aliphatic heterocycles. The minimum absolute atomic E-state index is 0.142. The molecule has 1 aromatic carbocycles. The Kier molecular flexibility index (Phi) is 4.55. The first-order valence-corrected chi connectivity index (χ1v) is 6.25. The zero-order chi connectivity index (χ0) is 14.4. The van der Waals surface area contributed by atoms with Gasteiger partial charge in [-0.05, 0) is 23.8 Å². The smallest absolute Gasteiger partial charge is 0.244 e. The summed E-state index contributed by atoms with van der Waals surface area (Å²) in [6.07, 6.45) is 6.77. The Morgan fingerprint density at radius 1 is 1.50 bits per heavy atom. The summed E-state index contributed by atoms with van der Waals surface area (Å²) in [5.74, 6) is 0.638. The second-order valence-electron chi connectivity index (χ2n) is 4.35. The molecule has 0 unspecified atom stereocenters. The molecular formula is C15H17N3O2. The molecule has 0 aliphatic carbocycles. The number of nitrogens with zero attached hydrogens (tertiary/aromatic N) is 2. The highest BCUT2D eigenvalue weighted by Gasteiger charge is 1.99. The van der Waals surface area contributed by atoms with Crippen LogP contribution >= 0.6 is 0 Å². The summed E-state index contributed by atoms with van der Waals surface area (Å²) >= 11 is 0. The molecule has 0 aliphatic rings. The lowest BCUT2D eigenvalue weighted by molar-refractivity contribution is -0.116. The summed E-state index contributed by atoms with van der Waals surface area (Å²) < 4.78 is 6.82. The lowest BCUT2D eigenvalue weighted by Gasteiger charge is -2.04. The third-order valence-electron chi connectivity index (χ3n) is 2.75. The molecule has 1 aromatic heterocycles. The van der Waals surface area contributed by atoms with Gasteiger partial charge in [-0.25, -0.2) is 0 Å². The number of carbonyl (C=O) groups is 1. The first-order chi connectivity index (χ1) is 9.67. The number of benzene rings is 1. The number of nitrogens with one attached hydrogen (secondary N) is 1. The molecule has 0 fully saturated rings. The van der Waals surface area contributed by atoms with E-state index in [9.17, 15) is 4.79 Å². The van der Waals surface area contributed by atoms with Crippen molar-refractivity contribution in [2.75, 3.05) is 7.11 Å². The Balaban J connectivity index is 1.87. The highest BCUT2D eigenvalue weighted by molar-refractivity contribution is 5.91. The maximum atomic E-state index is 11.7. The van der Waals surface area contributed by atoms with Gasteiger partial charge >= 0.3 is 0 Å². The van der Waals surface area contributed by atoms with Gasteiger partial charge in [0.2, 0.25) is 5.91 Å². The van der Waals surface area contributed by atoms with Crippen molar-refractivity contribution in [3.8, 4) is 5.75 Å². The summed E-state index contributed by atoms with van der Waals surface area (Å²) in [4.78, 5) is 11.7. The van der Waals surface area contributed by atoms with E-state index in [1.165, 1.54) is 6.08 Å². The number of hydrogen-bond donors (Lipinski definition) is 1. The second-order valence-corrected chi connectivity index (χ2v) is 4.35. The molecule has 0 saturated heterocycles. The molecule has 1 N–H and O–H groups in total. The first kappa shape index (κ1) is 13.9. The molecule has 104 valence electrons. The van der Waals surface area contributed by atoms with Crippen molar-refractivity contribution in [3.63, 3.8) is 0 Å². The van der Waals surface area contributed by atoms with E-state index in [0.29, 0.717) is 6.54 Å². The maximum Gasteiger partial charge on any atom is 0.244 e. The molecule has 1 amide bonds. The van der Waals surface area contributed by atoms with Gasteiger partial charge in [-0.1, -0.05) is 12.1 Å². The van der Waals surface area contributed by atoms with Crippen LogP contribution in [0.1, 0.15) is 11.1 Å². The summed E-state index contributed by atoms with van der Waals surface area (Å²) in [6, 6.07) is 7.60. The van der Waals surface area contributed by atoms with Gasteiger partial charge in [0.05, 0.1) is 13.3 Å². The molecule has 5 heteroatoms. The highest BCUT2D eigenvalue weighted by atomic mass is 16.5. The van der Waals surface area contributed by atoms with Crippen molar-refractivity contribution in [3.05, 3.63) is 53.9 Å². The number of methoxy groups -OCH3 is 1. The molecule has 2 rings (SSSR count). The standard InChI is InChI=1S/C15H17N3O2/c1-18-11-13(10-17-18)6-7-15(19)16-9-12-4-3-5-14(8-12)20-2/h3-8,10-11H,9H2,1-2H3,(H,16,19)/b7-6+. The quantitative estimate of drug-likeness (QED) is 0.843.